The first-order chi connectivity index (χ1) is 9.04. The number of hydrogen-bond donors (Lipinski definition) is 2. The number of aromatic nitrogens is 3. The van der Waals surface area contributed by atoms with Crippen LogP contribution in [0.2, 0.25) is 0 Å². The van der Waals surface area contributed by atoms with Crippen molar-refractivity contribution < 1.29 is 4.79 Å². The van der Waals surface area contributed by atoms with E-state index in [9.17, 15) is 4.79 Å². The highest BCUT2D eigenvalue weighted by Gasteiger charge is 2.27. The minimum atomic E-state index is -0.147. The SMILES string of the molecule is Cc1cc(NC(=O)c2cc(N)cn2C2CC2)n(C)n1. The van der Waals surface area contributed by atoms with Gasteiger partial charge in [-0.05, 0) is 25.8 Å². The van der Waals surface area contributed by atoms with Crippen molar-refractivity contribution in [2.24, 2.45) is 7.05 Å². The van der Waals surface area contributed by atoms with Gasteiger partial charge >= 0.3 is 0 Å². The Kier molecular flexibility index (Phi) is 2.58. The number of carbonyl (C=O) groups excluding carboxylic acids is 1. The monoisotopic (exact) mass is 259 g/mol. The first-order valence-electron chi connectivity index (χ1n) is 6.34. The van der Waals surface area contributed by atoms with Gasteiger partial charge in [0.1, 0.15) is 11.5 Å². The van der Waals surface area contributed by atoms with E-state index >= 15 is 0 Å². The van der Waals surface area contributed by atoms with Crippen LogP contribution in [0.15, 0.2) is 18.3 Å². The first-order valence-corrected chi connectivity index (χ1v) is 6.34. The Bertz CT molecular complexity index is 635. The molecule has 1 amide bonds. The summed E-state index contributed by atoms with van der Waals surface area (Å²) >= 11 is 0. The van der Waals surface area contributed by atoms with Crippen LogP contribution in [0, 0.1) is 6.92 Å². The fourth-order valence-electron chi connectivity index (χ4n) is 2.25. The summed E-state index contributed by atoms with van der Waals surface area (Å²) in [5.74, 6) is 0.538. The zero-order valence-corrected chi connectivity index (χ0v) is 11.1. The molecular weight excluding hydrogens is 242 g/mol. The van der Waals surface area contributed by atoms with Crippen LogP contribution in [0.25, 0.3) is 0 Å². The highest BCUT2D eigenvalue weighted by atomic mass is 16.2. The molecule has 0 saturated heterocycles. The van der Waals surface area contributed by atoms with Gasteiger partial charge < -0.3 is 15.6 Å². The fraction of sp³-hybridized carbons (Fsp3) is 0.385. The van der Waals surface area contributed by atoms with Crippen LogP contribution in [0.1, 0.15) is 35.1 Å². The number of anilines is 2. The molecule has 3 rings (SSSR count). The van der Waals surface area contributed by atoms with Gasteiger partial charge in [0.25, 0.3) is 5.91 Å². The molecule has 1 saturated carbocycles. The summed E-state index contributed by atoms with van der Waals surface area (Å²) in [5.41, 5.74) is 7.90. The van der Waals surface area contributed by atoms with E-state index in [-0.39, 0.29) is 5.91 Å². The molecule has 0 bridgehead atoms. The summed E-state index contributed by atoms with van der Waals surface area (Å²) in [6, 6.07) is 3.98. The number of nitrogens with one attached hydrogen (secondary N) is 1. The maximum Gasteiger partial charge on any atom is 0.273 e. The van der Waals surface area contributed by atoms with Gasteiger partial charge in [-0.2, -0.15) is 5.10 Å². The Morgan fingerprint density at radius 2 is 2.21 bits per heavy atom. The van der Waals surface area contributed by atoms with Crippen molar-refractivity contribution in [3.8, 4) is 0 Å². The molecule has 0 aliphatic heterocycles. The van der Waals surface area contributed by atoms with E-state index in [0.29, 0.717) is 23.2 Å². The van der Waals surface area contributed by atoms with E-state index in [1.54, 1.807) is 17.8 Å². The molecule has 6 nitrogen and oxygen atoms in total. The number of nitrogen functional groups attached to an aromatic ring is 1. The predicted octanol–water partition coefficient (Wildman–Crippen LogP) is 1.70. The lowest BCUT2D eigenvalue weighted by Crippen LogP contribution is -2.18. The highest BCUT2D eigenvalue weighted by Crippen LogP contribution is 2.37. The predicted molar refractivity (Wildman–Crippen MR) is 73.0 cm³/mol. The van der Waals surface area contributed by atoms with E-state index in [4.69, 9.17) is 5.73 Å². The van der Waals surface area contributed by atoms with Crippen LogP contribution in [0.3, 0.4) is 0 Å². The lowest BCUT2D eigenvalue weighted by atomic mass is 10.3. The number of aryl methyl sites for hydroxylation is 2. The van der Waals surface area contributed by atoms with E-state index in [1.165, 1.54) is 0 Å². The molecular formula is C13H17N5O. The number of nitrogens with zero attached hydrogens (tertiary/aromatic N) is 3. The molecule has 19 heavy (non-hydrogen) atoms. The fourth-order valence-corrected chi connectivity index (χ4v) is 2.25. The number of amides is 1. The van der Waals surface area contributed by atoms with Crippen LogP contribution in [0.5, 0.6) is 0 Å². The van der Waals surface area contributed by atoms with Crippen molar-refractivity contribution in [1.29, 1.82) is 0 Å². The molecule has 0 radical (unpaired) electrons. The number of nitrogens with two attached hydrogens (primary N) is 1. The third kappa shape index (κ3) is 2.21. The third-order valence-corrected chi connectivity index (χ3v) is 3.29. The van der Waals surface area contributed by atoms with Crippen molar-refractivity contribution >= 4 is 17.4 Å². The van der Waals surface area contributed by atoms with Crippen LogP contribution in [-0.4, -0.2) is 20.3 Å². The summed E-state index contributed by atoms with van der Waals surface area (Å²) in [7, 11) is 1.80. The van der Waals surface area contributed by atoms with Gasteiger partial charge in [0, 0.05) is 25.4 Å². The largest absolute Gasteiger partial charge is 0.397 e. The zero-order valence-electron chi connectivity index (χ0n) is 11.1. The Labute approximate surface area is 111 Å². The molecule has 1 fully saturated rings. The molecule has 6 heteroatoms. The molecule has 1 aliphatic carbocycles. The van der Waals surface area contributed by atoms with Gasteiger partial charge in [-0.3, -0.25) is 9.48 Å². The summed E-state index contributed by atoms with van der Waals surface area (Å²) in [6.45, 7) is 1.89. The minimum Gasteiger partial charge on any atom is -0.397 e. The minimum absolute atomic E-state index is 0.147. The molecule has 0 spiro atoms. The summed E-state index contributed by atoms with van der Waals surface area (Å²) in [6.07, 6.45) is 4.06. The van der Waals surface area contributed by atoms with Gasteiger partial charge in [0.05, 0.1) is 11.4 Å². The average Bonchev–Trinajstić information content (AvgIpc) is 3.04. The molecule has 100 valence electrons. The smallest absolute Gasteiger partial charge is 0.273 e. The average molecular weight is 259 g/mol. The molecule has 0 atom stereocenters. The number of rotatable bonds is 3. The normalized spacial score (nSPS) is 14.6. The van der Waals surface area contributed by atoms with Gasteiger partial charge in [0.2, 0.25) is 0 Å². The quantitative estimate of drug-likeness (QED) is 0.880. The lowest BCUT2D eigenvalue weighted by Gasteiger charge is -2.08. The Balaban J connectivity index is 1.86. The van der Waals surface area contributed by atoms with Crippen molar-refractivity contribution in [1.82, 2.24) is 14.3 Å². The van der Waals surface area contributed by atoms with E-state index in [0.717, 1.165) is 18.5 Å². The van der Waals surface area contributed by atoms with Gasteiger partial charge in [-0.1, -0.05) is 0 Å². The standard InChI is InChI=1S/C13H17N5O/c1-8-5-12(17(2)16-8)15-13(19)11-6-9(14)7-18(11)10-3-4-10/h5-7,10H,3-4,14H2,1-2H3,(H,15,19). The second kappa shape index (κ2) is 4.15. The van der Waals surface area contributed by atoms with Gasteiger partial charge in [-0.15, -0.1) is 0 Å². The van der Waals surface area contributed by atoms with Crippen molar-refractivity contribution in [2.45, 2.75) is 25.8 Å². The van der Waals surface area contributed by atoms with Gasteiger partial charge in [-0.25, -0.2) is 0 Å². The van der Waals surface area contributed by atoms with E-state index in [2.05, 4.69) is 10.4 Å². The van der Waals surface area contributed by atoms with Crippen molar-refractivity contribution in [3.63, 3.8) is 0 Å². The van der Waals surface area contributed by atoms with Crippen molar-refractivity contribution in [3.05, 3.63) is 29.7 Å². The molecule has 2 aromatic rings. The van der Waals surface area contributed by atoms with Crippen LogP contribution in [0.4, 0.5) is 11.5 Å². The zero-order chi connectivity index (χ0) is 13.6. The summed E-state index contributed by atoms with van der Waals surface area (Å²) < 4.78 is 3.62. The van der Waals surface area contributed by atoms with E-state index < -0.39 is 0 Å². The van der Waals surface area contributed by atoms with Crippen LogP contribution >= 0.6 is 0 Å². The summed E-state index contributed by atoms with van der Waals surface area (Å²) in [5, 5.41) is 7.07. The van der Waals surface area contributed by atoms with Crippen LogP contribution in [-0.2, 0) is 7.05 Å². The highest BCUT2D eigenvalue weighted by molar-refractivity contribution is 6.03. The first kappa shape index (κ1) is 11.8. The van der Waals surface area contributed by atoms with Crippen LogP contribution < -0.4 is 11.1 Å². The maximum atomic E-state index is 12.3. The number of hydrogen-bond acceptors (Lipinski definition) is 3. The van der Waals surface area contributed by atoms with Gasteiger partial charge in [0.15, 0.2) is 0 Å². The molecule has 3 N–H and O–H groups in total. The molecule has 0 unspecified atom stereocenters. The Morgan fingerprint density at radius 3 is 2.79 bits per heavy atom. The molecule has 1 aliphatic rings. The number of carbonyl (C=O) groups is 1. The summed E-state index contributed by atoms with van der Waals surface area (Å²) in [4.78, 5) is 12.3. The van der Waals surface area contributed by atoms with Crippen molar-refractivity contribution in [2.75, 3.05) is 11.1 Å². The Hall–Kier alpha value is -2.24. The second-order valence-corrected chi connectivity index (χ2v) is 5.05. The maximum absolute atomic E-state index is 12.3. The molecule has 2 heterocycles. The topological polar surface area (TPSA) is 77.9 Å². The Morgan fingerprint density at radius 1 is 1.47 bits per heavy atom. The second-order valence-electron chi connectivity index (χ2n) is 5.05. The third-order valence-electron chi connectivity index (χ3n) is 3.29. The van der Waals surface area contributed by atoms with E-state index in [1.807, 2.05) is 23.8 Å². The lowest BCUT2D eigenvalue weighted by molar-refractivity contribution is 0.101. The molecule has 2 aromatic heterocycles. The molecule has 0 aromatic carbocycles.